The van der Waals surface area contributed by atoms with E-state index in [0.29, 0.717) is 5.69 Å². The quantitative estimate of drug-likeness (QED) is 0.349. The highest BCUT2D eigenvalue weighted by molar-refractivity contribution is 7.99. The Morgan fingerprint density at radius 2 is 2.29 bits per heavy atom. The summed E-state index contributed by atoms with van der Waals surface area (Å²) in [4.78, 5) is 0.954. The molecule has 14 heavy (non-hydrogen) atoms. The summed E-state index contributed by atoms with van der Waals surface area (Å²) in [5, 5.41) is 0. The molecule has 0 aromatic heterocycles. The molecule has 76 valence electrons. The van der Waals surface area contributed by atoms with Gasteiger partial charge in [0.2, 0.25) is 0 Å². The predicted octanol–water partition coefficient (Wildman–Crippen LogP) is 3.47. The van der Waals surface area contributed by atoms with Crippen LogP contribution in [0.15, 0.2) is 35.7 Å². The van der Waals surface area contributed by atoms with Gasteiger partial charge >= 0.3 is 0 Å². The lowest BCUT2D eigenvalue weighted by Gasteiger charge is -2.04. The largest absolute Gasteiger partial charge is 0.398 e. The average Bonchev–Trinajstić information content (AvgIpc) is 2.15. The number of nitrogens with two attached hydrogens (primary N) is 1. The van der Waals surface area contributed by atoms with E-state index in [4.69, 9.17) is 5.73 Å². The third-order valence-electron chi connectivity index (χ3n) is 1.78. The van der Waals surface area contributed by atoms with Crippen molar-refractivity contribution in [3.63, 3.8) is 0 Å². The Bertz CT molecular complexity index is 312. The lowest BCUT2D eigenvalue weighted by molar-refractivity contribution is 0.627. The minimum Gasteiger partial charge on any atom is -0.398 e. The number of nitrogen functional groups attached to an aromatic ring is 1. The summed E-state index contributed by atoms with van der Waals surface area (Å²) in [6.45, 7) is 3.65. The summed E-state index contributed by atoms with van der Waals surface area (Å²) < 4.78 is 12.7. The van der Waals surface area contributed by atoms with Gasteiger partial charge in [0.05, 0.1) is 0 Å². The van der Waals surface area contributed by atoms with Gasteiger partial charge in [-0.1, -0.05) is 6.08 Å². The summed E-state index contributed by atoms with van der Waals surface area (Å²) in [7, 11) is 0. The first-order valence-electron chi connectivity index (χ1n) is 4.52. The fourth-order valence-electron chi connectivity index (χ4n) is 1.06. The molecule has 1 aromatic rings. The summed E-state index contributed by atoms with van der Waals surface area (Å²) in [5.41, 5.74) is 6.18. The first-order chi connectivity index (χ1) is 6.74. The van der Waals surface area contributed by atoms with Gasteiger partial charge in [0.25, 0.3) is 0 Å². The van der Waals surface area contributed by atoms with Crippen LogP contribution in [0.4, 0.5) is 10.1 Å². The molecular formula is C11H14FNS. The monoisotopic (exact) mass is 211 g/mol. The zero-order chi connectivity index (χ0) is 10.4. The molecule has 0 aliphatic heterocycles. The molecule has 0 fully saturated rings. The molecule has 3 heteroatoms. The second-order valence-corrected chi connectivity index (χ2v) is 4.10. The molecule has 2 N–H and O–H groups in total. The number of halogens is 1. The number of allylic oxidation sites excluding steroid dienone is 1. The van der Waals surface area contributed by atoms with Gasteiger partial charge in [0.1, 0.15) is 5.82 Å². The topological polar surface area (TPSA) is 26.0 Å². The number of hydrogen-bond acceptors (Lipinski definition) is 2. The second kappa shape index (κ2) is 5.70. The van der Waals surface area contributed by atoms with Crippen LogP contribution in [0.25, 0.3) is 0 Å². The number of thioether (sulfide) groups is 1. The average molecular weight is 211 g/mol. The Morgan fingerprint density at radius 3 is 2.93 bits per heavy atom. The highest BCUT2D eigenvalue weighted by Gasteiger charge is 2.00. The molecular weight excluding hydrogens is 197 g/mol. The summed E-state index contributed by atoms with van der Waals surface area (Å²) in [6, 6.07) is 4.52. The Kier molecular flexibility index (Phi) is 4.53. The molecule has 0 atom stereocenters. The van der Waals surface area contributed by atoms with Crippen LogP contribution < -0.4 is 5.73 Å². The molecule has 0 bridgehead atoms. The molecule has 0 heterocycles. The van der Waals surface area contributed by atoms with Crippen molar-refractivity contribution in [2.75, 3.05) is 11.5 Å². The summed E-state index contributed by atoms with van der Waals surface area (Å²) in [5.74, 6) is 0.708. The number of rotatable bonds is 5. The van der Waals surface area contributed by atoms with E-state index < -0.39 is 0 Å². The standard InChI is InChI=1S/C11H14FNS/c1-2-3-4-7-14-11-6-5-9(12)8-10(11)13/h2,5-6,8H,1,3-4,7,13H2. The first-order valence-corrected chi connectivity index (χ1v) is 5.51. The van der Waals surface area contributed by atoms with Crippen LogP contribution in [0.2, 0.25) is 0 Å². The molecule has 0 aliphatic carbocycles. The summed E-state index contributed by atoms with van der Waals surface area (Å²) >= 11 is 1.66. The number of benzene rings is 1. The van der Waals surface area contributed by atoms with Gasteiger partial charge in [-0.2, -0.15) is 0 Å². The van der Waals surface area contributed by atoms with E-state index in [9.17, 15) is 4.39 Å². The maximum absolute atomic E-state index is 12.7. The van der Waals surface area contributed by atoms with Gasteiger partial charge in [-0.3, -0.25) is 0 Å². The molecule has 1 aromatic carbocycles. The zero-order valence-corrected chi connectivity index (χ0v) is 8.82. The minimum absolute atomic E-state index is 0.280. The fraction of sp³-hybridized carbons (Fsp3) is 0.273. The van der Waals surface area contributed by atoms with Crippen molar-refractivity contribution in [2.45, 2.75) is 17.7 Å². The Morgan fingerprint density at radius 1 is 1.50 bits per heavy atom. The van der Waals surface area contributed by atoms with E-state index in [2.05, 4.69) is 6.58 Å². The van der Waals surface area contributed by atoms with Crippen molar-refractivity contribution >= 4 is 17.4 Å². The fourth-order valence-corrected chi connectivity index (χ4v) is 1.98. The van der Waals surface area contributed by atoms with Gasteiger partial charge in [0.15, 0.2) is 0 Å². The third-order valence-corrected chi connectivity index (χ3v) is 2.96. The molecule has 0 aliphatic rings. The lowest BCUT2D eigenvalue weighted by Crippen LogP contribution is -1.90. The number of hydrogen-bond donors (Lipinski definition) is 1. The smallest absolute Gasteiger partial charge is 0.125 e. The SMILES string of the molecule is C=CCCCSc1ccc(F)cc1N. The Balaban J connectivity index is 2.46. The van der Waals surface area contributed by atoms with E-state index in [1.165, 1.54) is 12.1 Å². The van der Waals surface area contributed by atoms with E-state index in [1.807, 2.05) is 6.08 Å². The van der Waals surface area contributed by atoms with Crippen molar-refractivity contribution in [3.05, 3.63) is 36.7 Å². The molecule has 0 saturated heterocycles. The van der Waals surface area contributed by atoms with Crippen molar-refractivity contribution < 1.29 is 4.39 Å². The first kappa shape index (κ1) is 11.1. The van der Waals surface area contributed by atoms with Gasteiger partial charge in [-0.15, -0.1) is 18.3 Å². The minimum atomic E-state index is -0.280. The van der Waals surface area contributed by atoms with E-state index in [1.54, 1.807) is 17.8 Å². The second-order valence-electron chi connectivity index (χ2n) is 2.96. The van der Waals surface area contributed by atoms with Crippen molar-refractivity contribution in [3.8, 4) is 0 Å². The van der Waals surface area contributed by atoms with Crippen molar-refractivity contribution in [1.82, 2.24) is 0 Å². The third kappa shape index (κ3) is 3.42. The molecule has 0 radical (unpaired) electrons. The lowest BCUT2D eigenvalue weighted by atomic mass is 10.3. The molecule has 1 rings (SSSR count). The van der Waals surface area contributed by atoms with Gasteiger partial charge in [0, 0.05) is 10.6 Å². The van der Waals surface area contributed by atoms with Crippen LogP contribution in [0.3, 0.4) is 0 Å². The van der Waals surface area contributed by atoms with Crippen LogP contribution in [0.5, 0.6) is 0 Å². The van der Waals surface area contributed by atoms with Crippen LogP contribution in [0.1, 0.15) is 12.8 Å². The van der Waals surface area contributed by atoms with E-state index in [0.717, 1.165) is 23.5 Å². The van der Waals surface area contributed by atoms with Gasteiger partial charge in [-0.05, 0) is 36.8 Å². The normalized spacial score (nSPS) is 10.1. The highest BCUT2D eigenvalue weighted by atomic mass is 32.2. The molecule has 0 saturated carbocycles. The predicted molar refractivity (Wildman–Crippen MR) is 61.0 cm³/mol. The highest BCUT2D eigenvalue weighted by Crippen LogP contribution is 2.26. The molecule has 0 amide bonds. The van der Waals surface area contributed by atoms with E-state index >= 15 is 0 Å². The van der Waals surface area contributed by atoms with Crippen LogP contribution in [-0.4, -0.2) is 5.75 Å². The maximum Gasteiger partial charge on any atom is 0.125 e. The van der Waals surface area contributed by atoms with Crippen LogP contribution in [0, 0.1) is 5.82 Å². The Hall–Kier alpha value is -0.960. The molecule has 0 unspecified atom stereocenters. The van der Waals surface area contributed by atoms with Gasteiger partial charge < -0.3 is 5.73 Å². The maximum atomic E-state index is 12.7. The molecule has 1 nitrogen and oxygen atoms in total. The van der Waals surface area contributed by atoms with Crippen molar-refractivity contribution in [2.24, 2.45) is 0 Å². The van der Waals surface area contributed by atoms with Gasteiger partial charge in [-0.25, -0.2) is 4.39 Å². The summed E-state index contributed by atoms with van der Waals surface area (Å²) in [6.07, 6.45) is 3.98. The molecule has 0 spiro atoms. The van der Waals surface area contributed by atoms with Crippen molar-refractivity contribution in [1.29, 1.82) is 0 Å². The van der Waals surface area contributed by atoms with Crippen LogP contribution >= 0.6 is 11.8 Å². The number of anilines is 1. The Labute approximate surface area is 88.2 Å². The van der Waals surface area contributed by atoms with E-state index in [-0.39, 0.29) is 5.82 Å². The zero-order valence-electron chi connectivity index (χ0n) is 8.00. The van der Waals surface area contributed by atoms with Crippen LogP contribution in [-0.2, 0) is 0 Å². The number of unbranched alkanes of at least 4 members (excludes halogenated alkanes) is 1.